The number of rotatable bonds is 5. The average molecular weight is 288 g/mol. The second kappa shape index (κ2) is 8.27. The van der Waals surface area contributed by atoms with E-state index in [4.69, 9.17) is 5.73 Å². The van der Waals surface area contributed by atoms with E-state index in [-0.39, 0.29) is 11.9 Å². The van der Waals surface area contributed by atoms with Crippen molar-refractivity contribution in [2.45, 2.75) is 19.4 Å². The second-order valence-corrected chi connectivity index (χ2v) is 5.52. The molecule has 3 N–H and O–H groups in total. The SMILES string of the molecule is CCNC(=O)N1CCN(C(=O)[C@H](N)CCSC)CC1. The number of urea groups is 1. The third-order valence-electron chi connectivity index (χ3n) is 3.16. The van der Waals surface area contributed by atoms with Crippen LogP contribution >= 0.6 is 11.8 Å². The van der Waals surface area contributed by atoms with E-state index in [9.17, 15) is 9.59 Å². The Labute approximate surface area is 119 Å². The Kier molecular flexibility index (Phi) is 7.01. The summed E-state index contributed by atoms with van der Waals surface area (Å²) in [7, 11) is 0. The molecule has 0 aliphatic carbocycles. The normalized spacial score (nSPS) is 17.2. The first kappa shape index (κ1) is 16.1. The topological polar surface area (TPSA) is 78.7 Å². The molecule has 110 valence electrons. The van der Waals surface area contributed by atoms with Crippen LogP contribution in [0.15, 0.2) is 0 Å². The van der Waals surface area contributed by atoms with Gasteiger partial charge in [-0.2, -0.15) is 11.8 Å². The molecule has 1 rings (SSSR count). The van der Waals surface area contributed by atoms with Crippen LogP contribution in [0.25, 0.3) is 0 Å². The lowest BCUT2D eigenvalue weighted by Gasteiger charge is -2.35. The average Bonchev–Trinajstić information content (AvgIpc) is 2.44. The van der Waals surface area contributed by atoms with Gasteiger partial charge in [-0.25, -0.2) is 4.79 Å². The van der Waals surface area contributed by atoms with Gasteiger partial charge >= 0.3 is 6.03 Å². The van der Waals surface area contributed by atoms with Crippen LogP contribution < -0.4 is 11.1 Å². The van der Waals surface area contributed by atoms with Crippen LogP contribution in [0.2, 0.25) is 0 Å². The van der Waals surface area contributed by atoms with Crippen molar-refractivity contribution in [2.24, 2.45) is 5.73 Å². The zero-order chi connectivity index (χ0) is 14.3. The van der Waals surface area contributed by atoms with Crippen LogP contribution in [0.5, 0.6) is 0 Å². The van der Waals surface area contributed by atoms with Crippen molar-refractivity contribution in [3.05, 3.63) is 0 Å². The molecule has 1 aliphatic heterocycles. The first-order valence-corrected chi connectivity index (χ1v) is 8.05. The summed E-state index contributed by atoms with van der Waals surface area (Å²) in [4.78, 5) is 27.2. The first-order chi connectivity index (χ1) is 9.10. The fraction of sp³-hybridized carbons (Fsp3) is 0.833. The Balaban J connectivity index is 2.36. The molecule has 1 heterocycles. The molecule has 0 radical (unpaired) electrons. The highest BCUT2D eigenvalue weighted by molar-refractivity contribution is 7.98. The second-order valence-electron chi connectivity index (χ2n) is 4.54. The molecule has 3 amide bonds. The summed E-state index contributed by atoms with van der Waals surface area (Å²) < 4.78 is 0. The van der Waals surface area contributed by atoms with Gasteiger partial charge in [-0.15, -0.1) is 0 Å². The molecule has 0 aromatic heterocycles. The van der Waals surface area contributed by atoms with Gasteiger partial charge in [0.25, 0.3) is 0 Å². The highest BCUT2D eigenvalue weighted by Crippen LogP contribution is 2.07. The number of piperazine rings is 1. The summed E-state index contributed by atoms with van der Waals surface area (Å²) in [6.45, 7) is 4.81. The Morgan fingerprint density at radius 3 is 2.37 bits per heavy atom. The van der Waals surface area contributed by atoms with Crippen molar-refractivity contribution >= 4 is 23.7 Å². The third kappa shape index (κ3) is 4.91. The number of hydrogen-bond donors (Lipinski definition) is 2. The van der Waals surface area contributed by atoms with E-state index in [0.29, 0.717) is 39.1 Å². The number of nitrogens with two attached hydrogens (primary N) is 1. The molecule has 19 heavy (non-hydrogen) atoms. The van der Waals surface area contributed by atoms with Crippen LogP contribution in [0.1, 0.15) is 13.3 Å². The van der Waals surface area contributed by atoms with E-state index in [1.54, 1.807) is 21.6 Å². The number of nitrogens with one attached hydrogen (secondary N) is 1. The number of carbonyl (C=O) groups is 2. The summed E-state index contributed by atoms with van der Waals surface area (Å²) in [6.07, 6.45) is 2.71. The van der Waals surface area contributed by atoms with Gasteiger partial charge in [-0.1, -0.05) is 0 Å². The molecule has 0 aromatic rings. The van der Waals surface area contributed by atoms with E-state index >= 15 is 0 Å². The van der Waals surface area contributed by atoms with Crippen molar-refractivity contribution in [3.8, 4) is 0 Å². The smallest absolute Gasteiger partial charge is 0.317 e. The van der Waals surface area contributed by atoms with E-state index in [1.807, 2.05) is 13.2 Å². The van der Waals surface area contributed by atoms with Crippen molar-refractivity contribution in [3.63, 3.8) is 0 Å². The molecular formula is C12H24N4O2S. The summed E-state index contributed by atoms with van der Waals surface area (Å²) >= 11 is 1.69. The van der Waals surface area contributed by atoms with Crippen LogP contribution in [0, 0.1) is 0 Å². The predicted molar refractivity (Wildman–Crippen MR) is 78.2 cm³/mol. The Morgan fingerprint density at radius 2 is 1.84 bits per heavy atom. The Morgan fingerprint density at radius 1 is 1.26 bits per heavy atom. The summed E-state index contributed by atoms with van der Waals surface area (Å²) in [5.74, 6) is 0.899. The predicted octanol–water partition coefficient (Wildman–Crippen LogP) is -0.0595. The molecule has 0 aromatic carbocycles. The quantitative estimate of drug-likeness (QED) is 0.743. The molecule has 0 saturated carbocycles. The van der Waals surface area contributed by atoms with Crippen LogP contribution in [0.4, 0.5) is 4.79 Å². The van der Waals surface area contributed by atoms with E-state index in [0.717, 1.165) is 5.75 Å². The number of hydrogen-bond acceptors (Lipinski definition) is 4. The van der Waals surface area contributed by atoms with Crippen LogP contribution in [-0.2, 0) is 4.79 Å². The first-order valence-electron chi connectivity index (χ1n) is 6.66. The maximum Gasteiger partial charge on any atom is 0.317 e. The zero-order valence-electron chi connectivity index (χ0n) is 11.7. The highest BCUT2D eigenvalue weighted by Gasteiger charge is 2.26. The third-order valence-corrected chi connectivity index (χ3v) is 3.80. The lowest BCUT2D eigenvalue weighted by Crippen LogP contribution is -2.56. The monoisotopic (exact) mass is 288 g/mol. The maximum atomic E-state index is 12.1. The summed E-state index contributed by atoms with van der Waals surface area (Å²) in [5.41, 5.74) is 5.88. The van der Waals surface area contributed by atoms with E-state index < -0.39 is 6.04 Å². The number of carbonyl (C=O) groups excluding carboxylic acids is 2. The Hall–Kier alpha value is -0.950. The van der Waals surface area contributed by atoms with Crippen molar-refractivity contribution in [1.82, 2.24) is 15.1 Å². The molecule has 0 bridgehead atoms. The lowest BCUT2D eigenvalue weighted by atomic mass is 10.2. The van der Waals surface area contributed by atoms with Gasteiger partial charge in [0.1, 0.15) is 0 Å². The maximum absolute atomic E-state index is 12.1. The molecule has 1 aliphatic rings. The Bertz CT molecular complexity index is 306. The minimum atomic E-state index is -0.413. The molecule has 6 nitrogen and oxygen atoms in total. The summed E-state index contributed by atoms with van der Waals surface area (Å²) in [6, 6.07) is -0.468. The molecule has 1 atom stereocenters. The molecule has 1 saturated heterocycles. The van der Waals surface area contributed by atoms with Gasteiger partial charge in [-0.05, 0) is 25.4 Å². The minimum Gasteiger partial charge on any atom is -0.338 e. The van der Waals surface area contributed by atoms with Gasteiger partial charge in [0.2, 0.25) is 5.91 Å². The molecule has 7 heteroatoms. The van der Waals surface area contributed by atoms with E-state index in [1.165, 1.54) is 0 Å². The molecule has 1 fully saturated rings. The fourth-order valence-electron chi connectivity index (χ4n) is 2.00. The van der Waals surface area contributed by atoms with Gasteiger partial charge in [0, 0.05) is 32.7 Å². The zero-order valence-corrected chi connectivity index (χ0v) is 12.5. The van der Waals surface area contributed by atoms with Gasteiger partial charge in [-0.3, -0.25) is 4.79 Å². The largest absolute Gasteiger partial charge is 0.338 e. The van der Waals surface area contributed by atoms with Crippen LogP contribution in [0.3, 0.4) is 0 Å². The summed E-state index contributed by atoms with van der Waals surface area (Å²) in [5, 5.41) is 2.77. The van der Waals surface area contributed by atoms with Gasteiger partial charge < -0.3 is 20.9 Å². The van der Waals surface area contributed by atoms with Gasteiger partial charge in [0.05, 0.1) is 6.04 Å². The van der Waals surface area contributed by atoms with E-state index in [2.05, 4.69) is 5.32 Å². The molecule has 0 spiro atoms. The fourth-order valence-corrected chi connectivity index (χ4v) is 2.49. The van der Waals surface area contributed by atoms with Crippen molar-refractivity contribution in [2.75, 3.05) is 44.7 Å². The minimum absolute atomic E-state index is 0.00426. The number of amides is 3. The lowest BCUT2D eigenvalue weighted by molar-refractivity contribution is -0.134. The van der Waals surface area contributed by atoms with Crippen molar-refractivity contribution < 1.29 is 9.59 Å². The van der Waals surface area contributed by atoms with Crippen molar-refractivity contribution in [1.29, 1.82) is 0 Å². The number of nitrogens with zero attached hydrogens (tertiary/aromatic N) is 2. The van der Waals surface area contributed by atoms with Gasteiger partial charge in [0.15, 0.2) is 0 Å². The molecule has 0 unspecified atom stereocenters. The molecular weight excluding hydrogens is 264 g/mol. The highest BCUT2D eigenvalue weighted by atomic mass is 32.2. The standard InChI is InChI=1S/C12H24N4O2S/c1-3-14-12(18)16-7-5-15(6-8-16)11(17)10(13)4-9-19-2/h10H,3-9,13H2,1-2H3,(H,14,18)/t10-/m1/s1. The van der Waals surface area contributed by atoms with Crippen LogP contribution in [-0.4, -0.2) is 72.5 Å². The number of thioether (sulfide) groups is 1.